The summed E-state index contributed by atoms with van der Waals surface area (Å²) in [5.74, 6) is 0.942. The third kappa shape index (κ3) is 3.59. The van der Waals surface area contributed by atoms with Gasteiger partial charge < -0.3 is 14.8 Å². The smallest absolute Gasteiger partial charge is 0.259 e. The third-order valence-electron chi connectivity index (χ3n) is 4.39. The van der Waals surface area contributed by atoms with Crippen molar-refractivity contribution in [3.8, 4) is 11.5 Å². The van der Waals surface area contributed by atoms with Crippen LogP contribution in [-0.2, 0) is 12.6 Å². The van der Waals surface area contributed by atoms with Gasteiger partial charge in [0.05, 0.1) is 16.1 Å². The zero-order valence-electron chi connectivity index (χ0n) is 14.1. The summed E-state index contributed by atoms with van der Waals surface area (Å²) in [6.45, 7) is 0. The van der Waals surface area contributed by atoms with Crippen molar-refractivity contribution in [2.45, 2.75) is 41.4 Å². The Kier molecular flexibility index (Phi) is 5.57. The van der Waals surface area contributed by atoms with Crippen LogP contribution >= 0.6 is 35.8 Å². The van der Waals surface area contributed by atoms with Crippen molar-refractivity contribution in [3.63, 3.8) is 0 Å². The SMILES string of the molecule is Cl.Cn1ccnc1Sc1ncc(-c2nc(C3(N)CCCC3)no2)cc1Cl. The molecular weight excluding hydrogens is 395 g/mol. The molecule has 4 rings (SSSR count). The first-order chi connectivity index (χ1) is 12.0. The van der Waals surface area contributed by atoms with E-state index in [1.54, 1.807) is 18.5 Å². The average molecular weight is 413 g/mol. The van der Waals surface area contributed by atoms with Crippen molar-refractivity contribution in [3.05, 3.63) is 35.5 Å². The van der Waals surface area contributed by atoms with E-state index >= 15 is 0 Å². The summed E-state index contributed by atoms with van der Waals surface area (Å²) in [5, 5.41) is 6.06. The molecule has 0 atom stereocenters. The average Bonchev–Trinajstić information content (AvgIpc) is 3.32. The van der Waals surface area contributed by atoms with Crippen molar-refractivity contribution >= 4 is 35.8 Å². The molecule has 1 aliphatic rings. The minimum absolute atomic E-state index is 0. The van der Waals surface area contributed by atoms with E-state index in [1.807, 2.05) is 17.8 Å². The van der Waals surface area contributed by atoms with Gasteiger partial charge in [-0.3, -0.25) is 0 Å². The molecule has 26 heavy (non-hydrogen) atoms. The van der Waals surface area contributed by atoms with Crippen molar-refractivity contribution in [1.29, 1.82) is 0 Å². The van der Waals surface area contributed by atoms with Crippen molar-refractivity contribution in [2.75, 3.05) is 0 Å². The molecule has 7 nitrogen and oxygen atoms in total. The van der Waals surface area contributed by atoms with Gasteiger partial charge in [0, 0.05) is 25.6 Å². The van der Waals surface area contributed by atoms with Crippen LogP contribution in [0.15, 0.2) is 39.4 Å². The molecule has 1 fully saturated rings. The van der Waals surface area contributed by atoms with E-state index in [9.17, 15) is 0 Å². The topological polar surface area (TPSA) is 95.7 Å². The Balaban J connectivity index is 0.00000196. The van der Waals surface area contributed by atoms with Crippen LogP contribution < -0.4 is 5.73 Å². The van der Waals surface area contributed by atoms with Crippen molar-refractivity contribution in [2.24, 2.45) is 12.8 Å². The fraction of sp³-hybridized carbons (Fsp3) is 0.375. The van der Waals surface area contributed by atoms with E-state index in [4.69, 9.17) is 21.9 Å². The number of nitrogens with two attached hydrogens (primary N) is 1. The van der Waals surface area contributed by atoms with Crippen molar-refractivity contribution in [1.82, 2.24) is 24.7 Å². The predicted octanol–water partition coefficient (Wildman–Crippen LogP) is 3.82. The summed E-state index contributed by atoms with van der Waals surface area (Å²) >= 11 is 7.77. The van der Waals surface area contributed by atoms with E-state index < -0.39 is 5.54 Å². The first-order valence-electron chi connectivity index (χ1n) is 7.99. The summed E-state index contributed by atoms with van der Waals surface area (Å²) < 4.78 is 7.29. The maximum absolute atomic E-state index is 6.38. The van der Waals surface area contributed by atoms with Crippen LogP contribution in [-0.4, -0.2) is 24.7 Å². The van der Waals surface area contributed by atoms with E-state index in [2.05, 4.69) is 20.1 Å². The summed E-state index contributed by atoms with van der Waals surface area (Å²) in [5.41, 5.74) is 6.57. The number of rotatable bonds is 4. The van der Waals surface area contributed by atoms with Crippen LogP contribution in [0.4, 0.5) is 0 Å². The Bertz CT molecular complexity index is 906. The maximum Gasteiger partial charge on any atom is 0.259 e. The highest BCUT2D eigenvalue weighted by Gasteiger charge is 2.36. The molecule has 0 unspecified atom stereocenters. The lowest BCUT2D eigenvalue weighted by molar-refractivity contribution is 0.372. The molecule has 2 N–H and O–H groups in total. The van der Waals surface area contributed by atoms with Crippen LogP contribution in [0.3, 0.4) is 0 Å². The lowest BCUT2D eigenvalue weighted by Crippen LogP contribution is -2.34. The van der Waals surface area contributed by atoms with Gasteiger partial charge in [-0.05, 0) is 30.7 Å². The number of nitrogens with zero attached hydrogens (tertiary/aromatic N) is 5. The van der Waals surface area contributed by atoms with Gasteiger partial charge in [-0.1, -0.05) is 29.6 Å². The van der Waals surface area contributed by atoms with Gasteiger partial charge in [-0.15, -0.1) is 12.4 Å². The molecule has 0 bridgehead atoms. The minimum Gasteiger partial charge on any atom is -0.334 e. The first kappa shape index (κ1) is 19.2. The molecular formula is C16H18Cl2N6OS. The molecule has 3 heterocycles. The van der Waals surface area contributed by atoms with Crippen LogP contribution in [0.5, 0.6) is 0 Å². The highest BCUT2D eigenvalue weighted by Crippen LogP contribution is 2.36. The van der Waals surface area contributed by atoms with Crippen LogP contribution in [0.2, 0.25) is 5.02 Å². The molecule has 138 valence electrons. The number of aryl methyl sites for hydroxylation is 1. The zero-order valence-corrected chi connectivity index (χ0v) is 16.4. The Morgan fingerprint density at radius 3 is 2.73 bits per heavy atom. The quantitative estimate of drug-likeness (QED) is 0.695. The second-order valence-corrected chi connectivity index (χ2v) is 7.58. The van der Waals surface area contributed by atoms with E-state index in [0.717, 1.165) is 30.8 Å². The second kappa shape index (κ2) is 7.56. The predicted molar refractivity (Wildman–Crippen MR) is 101 cm³/mol. The minimum atomic E-state index is -0.479. The number of halogens is 2. The number of hydrogen-bond donors (Lipinski definition) is 1. The Hall–Kier alpha value is -1.61. The number of hydrogen-bond acceptors (Lipinski definition) is 7. The molecule has 0 saturated heterocycles. The highest BCUT2D eigenvalue weighted by atomic mass is 35.5. The van der Waals surface area contributed by atoms with E-state index in [1.165, 1.54) is 11.8 Å². The Labute approximate surface area is 166 Å². The molecule has 3 aromatic rings. The lowest BCUT2D eigenvalue weighted by Gasteiger charge is -2.17. The van der Waals surface area contributed by atoms with Gasteiger partial charge in [0.25, 0.3) is 5.89 Å². The van der Waals surface area contributed by atoms with Gasteiger partial charge in [0.15, 0.2) is 11.0 Å². The number of imidazole rings is 1. The number of pyridine rings is 1. The standard InChI is InChI=1S/C16H17ClN6OS.ClH/c1-23-7-6-19-15(23)25-13-11(17)8-10(9-20-13)12-21-14(22-24-12)16(18)4-2-3-5-16;/h6-9H,2-5,18H2,1H3;1H. The number of aromatic nitrogens is 5. The van der Waals surface area contributed by atoms with Crippen LogP contribution in [0, 0.1) is 0 Å². The molecule has 1 aliphatic carbocycles. The molecule has 0 aromatic carbocycles. The molecule has 0 amide bonds. The van der Waals surface area contributed by atoms with Gasteiger partial charge in [-0.2, -0.15) is 4.98 Å². The molecule has 3 aromatic heterocycles. The molecule has 0 radical (unpaired) electrons. The fourth-order valence-corrected chi connectivity index (χ4v) is 3.96. The molecule has 1 saturated carbocycles. The zero-order chi connectivity index (χ0) is 17.4. The largest absolute Gasteiger partial charge is 0.334 e. The maximum atomic E-state index is 6.38. The van der Waals surface area contributed by atoms with E-state index in [-0.39, 0.29) is 12.4 Å². The fourth-order valence-electron chi connectivity index (χ4n) is 2.93. The van der Waals surface area contributed by atoms with Crippen LogP contribution in [0.25, 0.3) is 11.5 Å². The highest BCUT2D eigenvalue weighted by molar-refractivity contribution is 7.99. The van der Waals surface area contributed by atoms with Gasteiger partial charge in [0.1, 0.15) is 5.03 Å². The van der Waals surface area contributed by atoms with Gasteiger partial charge in [-0.25, -0.2) is 9.97 Å². The third-order valence-corrected chi connectivity index (χ3v) is 5.88. The molecule has 0 spiro atoms. The van der Waals surface area contributed by atoms with E-state index in [0.29, 0.717) is 27.3 Å². The van der Waals surface area contributed by atoms with Gasteiger partial charge in [0.2, 0.25) is 0 Å². The summed E-state index contributed by atoms with van der Waals surface area (Å²) in [4.78, 5) is 13.1. The lowest BCUT2D eigenvalue weighted by atomic mass is 9.99. The summed E-state index contributed by atoms with van der Waals surface area (Å²) in [6.07, 6.45) is 9.22. The van der Waals surface area contributed by atoms with Gasteiger partial charge >= 0.3 is 0 Å². The normalized spacial score (nSPS) is 15.8. The monoisotopic (exact) mass is 412 g/mol. The van der Waals surface area contributed by atoms with Crippen molar-refractivity contribution < 1.29 is 4.52 Å². The Morgan fingerprint density at radius 1 is 1.31 bits per heavy atom. The molecule has 0 aliphatic heterocycles. The Morgan fingerprint density at radius 2 is 2.08 bits per heavy atom. The second-order valence-electron chi connectivity index (χ2n) is 6.22. The summed E-state index contributed by atoms with van der Waals surface area (Å²) in [7, 11) is 1.92. The molecule has 10 heteroatoms. The van der Waals surface area contributed by atoms with Crippen LogP contribution in [0.1, 0.15) is 31.5 Å². The first-order valence-corrected chi connectivity index (χ1v) is 9.19. The summed E-state index contributed by atoms with van der Waals surface area (Å²) in [6, 6.07) is 1.77.